The molecule has 2 aliphatic heterocycles. The first-order chi connectivity index (χ1) is 17.2. The first-order valence-corrected chi connectivity index (χ1v) is 11.2. The Balaban J connectivity index is 1.52. The maximum absolute atomic E-state index is 12.2. The third-order valence-corrected chi connectivity index (χ3v) is 6.59. The molecule has 5 rings (SSSR count). The van der Waals surface area contributed by atoms with Gasteiger partial charge in [-0.15, -0.1) is 0 Å². The van der Waals surface area contributed by atoms with Gasteiger partial charge in [0.1, 0.15) is 23.0 Å². The van der Waals surface area contributed by atoms with E-state index in [-0.39, 0.29) is 22.0 Å². The van der Waals surface area contributed by atoms with E-state index in [9.17, 15) is 24.5 Å². The van der Waals surface area contributed by atoms with Crippen molar-refractivity contribution in [3.63, 3.8) is 0 Å². The molecule has 0 radical (unpaired) electrons. The number of nitro groups is 1. The highest BCUT2D eigenvalue weighted by molar-refractivity contribution is 7.99. The Morgan fingerprint density at radius 2 is 1.86 bits per heavy atom. The van der Waals surface area contributed by atoms with Crippen LogP contribution < -0.4 is 0 Å². The first kappa shape index (κ1) is 23.6. The summed E-state index contributed by atoms with van der Waals surface area (Å²) in [6.45, 7) is 2.33. The van der Waals surface area contributed by atoms with Gasteiger partial charge in [0, 0.05) is 20.9 Å². The molecule has 5 unspecified atom stereocenters. The fraction of sp³-hybridized carbons (Fsp3) is 0.421. The molecule has 3 aromatic rings. The van der Waals surface area contributed by atoms with E-state index in [4.69, 9.17) is 18.9 Å². The van der Waals surface area contributed by atoms with Crippen molar-refractivity contribution in [2.75, 3.05) is 0 Å². The Kier molecular flexibility index (Phi) is 5.79. The predicted octanol–water partition coefficient (Wildman–Crippen LogP) is 0.305. The summed E-state index contributed by atoms with van der Waals surface area (Å²) < 4.78 is 24.8. The second kappa shape index (κ2) is 8.83. The van der Waals surface area contributed by atoms with E-state index in [1.54, 1.807) is 7.05 Å². The van der Waals surface area contributed by atoms with E-state index in [1.807, 2.05) is 0 Å². The van der Waals surface area contributed by atoms with Crippen LogP contribution in [0.25, 0.3) is 11.2 Å². The topological polar surface area (TPSA) is 193 Å². The molecule has 0 N–H and O–H groups in total. The van der Waals surface area contributed by atoms with Crippen molar-refractivity contribution >= 4 is 46.7 Å². The maximum atomic E-state index is 12.2. The minimum Gasteiger partial charge on any atom is -0.454 e. The molecule has 0 saturated carbocycles. The highest BCUT2D eigenvalue weighted by Gasteiger charge is 2.61. The van der Waals surface area contributed by atoms with Crippen molar-refractivity contribution in [2.45, 2.75) is 54.5 Å². The van der Waals surface area contributed by atoms with Crippen LogP contribution in [0, 0.1) is 10.1 Å². The zero-order chi connectivity index (χ0) is 25.7. The lowest BCUT2D eigenvalue weighted by atomic mass is 10.1. The molecule has 0 aliphatic carbocycles. The van der Waals surface area contributed by atoms with Gasteiger partial charge in [0.15, 0.2) is 29.1 Å². The molecule has 2 fully saturated rings. The zero-order valence-corrected chi connectivity index (χ0v) is 19.6. The number of nitrogens with zero attached hydrogens (tertiary/aromatic N) is 7. The van der Waals surface area contributed by atoms with Crippen LogP contribution in [0.4, 0.5) is 5.82 Å². The van der Waals surface area contributed by atoms with Gasteiger partial charge < -0.3 is 33.6 Å². The predicted molar refractivity (Wildman–Crippen MR) is 114 cm³/mol. The number of hydrogen-bond acceptors (Lipinski definition) is 14. The number of rotatable bonds is 6. The van der Waals surface area contributed by atoms with E-state index in [2.05, 4.69) is 19.9 Å². The molecule has 0 bridgehead atoms. The van der Waals surface area contributed by atoms with E-state index in [0.29, 0.717) is 5.03 Å². The van der Waals surface area contributed by atoms with Gasteiger partial charge in [-0.3, -0.25) is 14.2 Å². The summed E-state index contributed by atoms with van der Waals surface area (Å²) in [5.74, 6) is -2.51. The molecule has 17 heteroatoms. The summed E-state index contributed by atoms with van der Waals surface area (Å²) in [6.07, 6.45) is -1.64. The minimum absolute atomic E-state index is 0.232. The van der Waals surface area contributed by atoms with Gasteiger partial charge in [-0.1, -0.05) is 0 Å². The molecule has 5 atom stereocenters. The number of ether oxygens (including phenoxy) is 4. The molecule has 2 saturated heterocycles. The van der Waals surface area contributed by atoms with Gasteiger partial charge in [0.05, 0.1) is 6.33 Å². The van der Waals surface area contributed by atoms with Gasteiger partial charge in [-0.2, -0.15) is 0 Å². The normalized spacial score (nSPS) is 25.0. The lowest BCUT2D eigenvalue weighted by Gasteiger charge is -2.22. The Morgan fingerprint density at radius 1 is 1.11 bits per heavy atom. The minimum atomic E-state index is -1.34. The largest absolute Gasteiger partial charge is 0.454 e. The van der Waals surface area contributed by atoms with Gasteiger partial charge in [0.2, 0.25) is 12.4 Å². The van der Waals surface area contributed by atoms with Crippen LogP contribution in [-0.2, 0) is 40.4 Å². The Morgan fingerprint density at radius 3 is 2.56 bits per heavy atom. The molecule has 0 amide bonds. The van der Waals surface area contributed by atoms with Crippen LogP contribution >= 0.6 is 11.8 Å². The van der Waals surface area contributed by atoms with Crippen LogP contribution in [0.15, 0.2) is 29.0 Å². The van der Waals surface area contributed by atoms with Gasteiger partial charge in [-0.25, -0.2) is 19.7 Å². The second-order valence-corrected chi connectivity index (χ2v) is 8.82. The van der Waals surface area contributed by atoms with Crippen molar-refractivity contribution in [1.82, 2.24) is 29.1 Å². The maximum Gasteiger partial charge on any atom is 0.396 e. The van der Waals surface area contributed by atoms with Crippen LogP contribution in [0.3, 0.4) is 0 Å². The molecule has 5 heterocycles. The Bertz CT molecular complexity index is 1410. The third kappa shape index (κ3) is 3.91. The average molecular weight is 519 g/mol. The fourth-order valence-corrected chi connectivity index (χ4v) is 4.98. The van der Waals surface area contributed by atoms with Crippen molar-refractivity contribution in [3.8, 4) is 0 Å². The number of imidazole rings is 2. The second-order valence-electron chi connectivity index (χ2n) is 7.84. The van der Waals surface area contributed by atoms with Crippen LogP contribution in [0.5, 0.6) is 0 Å². The van der Waals surface area contributed by atoms with E-state index < -0.39 is 53.5 Å². The van der Waals surface area contributed by atoms with Crippen LogP contribution in [-0.4, -0.2) is 76.3 Å². The monoisotopic (exact) mass is 519 g/mol. The molecule has 36 heavy (non-hydrogen) atoms. The zero-order valence-electron chi connectivity index (χ0n) is 18.8. The molecule has 3 aromatic heterocycles. The summed E-state index contributed by atoms with van der Waals surface area (Å²) in [5.41, 5.74) is 0.545. The number of aryl methyl sites for hydroxylation is 1. The fourth-order valence-electron chi connectivity index (χ4n) is 4.05. The van der Waals surface area contributed by atoms with E-state index in [0.717, 1.165) is 18.7 Å². The van der Waals surface area contributed by atoms with Crippen molar-refractivity contribution in [1.29, 1.82) is 0 Å². The summed E-state index contributed by atoms with van der Waals surface area (Å²) in [5, 5.41) is 11.9. The van der Waals surface area contributed by atoms with Crippen molar-refractivity contribution in [2.24, 2.45) is 7.05 Å². The average Bonchev–Trinajstić information content (AvgIpc) is 3.54. The molecule has 0 aromatic carbocycles. The number of carbonyl (C=O) groups is 3. The summed E-state index contributed by atoms with van der Waals surface area (Å²) in [4.78, 5) is 62.9. The number of fused-ring (bicyclic) bond motifs is 2. The molecule has 16 nitrogen and oxygen atoms in total. The van der Waals surface area contributed by atoms with E-state index in [1.165, 1.54) is 35.0 Å². The van der Waals surface area contributed by atoms with Gasteiger partial charge in [0.25, 0.3) is 0 Å². The summed E-state index contributed by atoms with van der Waals surface area (Å²) in [6, 6.07) is 0. The first-order valence-electron chi connectivity index (χ1n) is 10.4. The van der Waals surface area contributed by atoms with Crippen LogP contribution in [0.1, 0.15) is 20.1 Å². The quantitative estimate of drug-likeness (QED) is 0.142. The number of carbonyl (C=O) groups excluding carboxylic acids is 3. The Labute approximate surface area is 205 Å². The summed E-state index contributed by atoms with van der Waals surface area (Å²) in [7, 11) is 1.61. The van der Waals surface area contributed by atoms with Gasteiger partial charge >= 0.3 is 23.7 Å². The molecule has 188 valence electrons. The lowest BCUT2D eigenvalue weighted by molar-refractivity contribution is -0.392. The van der Waals surface area contributed by atoms with Gasteiger partial charge in [-0.05, 0) is 21.7 Å². The smallest absolute Gasteiger partial charge is 0.396 e. The Hall–Kier alpha value is -4.12. The van der Waals surface area contributed by atoms with E-state index >= 15 is 0 Å². The highest BCUT2D eigenvalue weighted by atomic mass is 32.2. The molecular formula is C19H17N7O9S. The lowest BCUT2D eigenvalue weighted by Crippen LogP contribution is -2.36. The number of aromatic nitrogens is 6. The molecule has 0 spiro atoms. The highest BCUT2D eigenvalue weighted by Crippen LogP contribution is 2.42. The van der Waals surface area contributed by atoms with Crippen molar-refractivity contribution < 1.29 is 38.3 Å². The molecular weight excluding hydrogens is 502 g/mol. The molecule has 2 aliphatic rings. The summed E-state index contributed by atoms with van der Waals surface area (Å²) >= 11 is 0.976. The number of hydrogen-bond donors (Lipinski definition) is 0. The van der Waals surface area contributed by atoms with Crippen molar-refractivity contribution in [3.05, 3.63) is 29.1 Å². The third-order valence-electron chi connectivity index (χ3n) is 5.43. The van der Waals surface area contributed by atoms with Crippen LogP contribution in [0.2, 0.25) is 0 Å². The SMILES string of the molecule is CC(=O)OC1C(=O)OC2C1OC(n1cnc3c(Sc4c([N+](=O)[O-])ncn4C)ncnc31)C2OC(C)=O. The number of esters is 3. The standard InChI is InChI=1S/C19H17N7O9S/c1-7(27)32-12-10-11(13(19(29)35-10)33-8(2)28)34-17(12)25-6-22-9-14(25)20-4-21-16(9)36-18-15(26(30)31)23-5-24(18)3/h4-6,10-13,17H,1-3H3.